The second-order valence-corrected chi connectivity index (χ2v) is 21.7. The van der Waals surface area contributed by atoms with E-state index >= 15 is 0 Å². The van der Waals surface area contributed by atoms with Crippen LogP contribution in [0.3, 0.4) is 0 Å². The zero-order chi connectivity index (χ0) is 53.6. The van der Waals surface area contributed by atoms with E-state index in [1.54, 1.807) is 79.7 Å². The highest BCUT2D eigenvalue weighted by molar-refractivity contribution is 5.83. The van der Waals surface area contributed by atoms with Crippen LogP contribution in [0, 0.1) is 47.3 Å². The fourth-order valence-corrected chi connectivity index (χ4v) is 11.6. The third kappa shape index (κ3) is 14.4. The number of hydrogen-bond acceptors (Lipinski definition) is 18. The summed E-state index contributed by atoms with van der Waals surface area (Å²) in [7, 11) is 0. The van der Waals surface area contributed by atoms with E-state index in [9.17, 15) is 50.4 Å². The summed E-state index contributed by atoms with van der Waals surface area (Å²) in [5.41, 5.74) is 0. The molecule has 0 radical (unpaired) electrons. The number of ether oxygens (including phenoxy) is 8. The monoisotopic (exact) mass is 1020 g/mol. The Morgan fingerprint density at radius 2 is 0.931 bits per heavy atom. The molecule has 412 valence electrons. The number of aliphatic hydroxyl groups excluding tert-OH is 6. The Morgan fingerprint density at radius 3 is 1.25 bits per heavy atom. The van der Waals surface area contributed by atoms with Gasteiger partial charge in [0.15, 0.2) is 24.2 Å². The Balaban J connectivity index is 1.28. The largest absolute Gasteiger partial charge is 0.458 e. The lowest BCUT2D eigenvalue weighted by Gasteiger charge is -2.50. The number of cyclic esters (lactones) is 2. The van der Waals surface area contributed by atoms with Gasteiger partial charge in [-0.15, -0.1) is 0 Å². The molecular formula is C54H88O18. The van der Waals surface area contributed by atoms with Gasteiger partial charge >= 0.3 is 11.9 Å². The molecule has 0 aromatic heterocycles. The van der Waals surface area contributed by atoms with Crippen LogP contribution >= 0.6 is 0 Å². The van der Waals surface area contributed by atoms with E-state index in [1.807, 2.05) is 27.7 Å². The molecule has 0 aromatic carbocycles. The average Bonchev–Trinajstić information content (AvgIpc) is 3.31. The quantitative estimate of drug-likeness (QED) is 0.114. The van der Waals surface area contributed by atoms with Crippen molar-refractivity contribution in [3.63, 3.8) is 0 Å². The summed E-state index contributed by atoms with van der Waals surface area (Å²) in [5, 5.41) is 89.6. The molecule has 0 amide bonds. The maximum Gasteiger partial charge on any atom is 0.331 e. The summed E-state index contributed by atoms with van der Waals surface area (Å²) >= 11 is 0. The first-order valence-electron chi connectivity index (χ1n) is 26.4. The molecule has 8 N–H and O–H groups in total. The fraction of sp³-hybridized carbons (Fsp3) is 0.815. The minimum atomic E-state index is -1.88. The number of hydrogen-bond donors (Lipinski definition) is 8. The molecule has 0 aromatic rings. The average molecular weight is 1030 g/mol. The number of esters is 2. The molecule has 0 bridgehead atoms. The Labute approximate surface area is 426 Å². The molecule has 0 saturated carbocycles. The first-order valence-corrected chi connectivity index (χ1v) is 26.4. The fourth-order valence-electron chi connectivity index (χ4n) is 11.6. The number of rotatable bonds is 14. The molecule has 5 aliphatic rings. The van der Waals surface area contributed by atoms with Gasteiger partial charge in [-0.05, 0) is 40.5 Å². The van der Waals surface area contributed by atoms with Gasteiger partial charge in [-0.1, -0.05) is 91.8 Å². The Bertz CT molecular complexity index is 1710. The normalized spacial score (nSPS) is 44.3. The summed E-state index contributed by atoms with van der Waals surface area (Å²) in [5.74, 6) is -9.84. The zero-order valence-corrected chi connectivity index (χ0v) is 44.4. The minimum Gasteiger partial charge on any atom is -0.458 e. The van der Waals surface area contributed by atoms with Gasteiger partial charge in [-0.25, -0.2) is 9.59 Å². The van der Waals surface area contributed by atoms with E-state index in [1.165, 1.54) is 24.3 Å². The van der Waals surface area contributed by atoms with Crippen molar-refractivity contribution in [3.8, 4) is 0 Å². The molecule has 0 spiro atoms. The van der Waals surface area contributed by atoms with Gasteiger partial charge in [0, 0.05) is 85.2 Å². The molecule has 5 aliphatic heterocycles. The Hall–Kier alpha value is -2.66. The lowest BCUT2D eigenvalue weighted by atomic mass is 9.76. The number of allylic oxidation sites excluding steroid dienone is 4. The predicted molar refractivity (Wildman–Crippen MR) is 263 cm³/mol. The van der Waals surface area contributed by atoms with Crippen LogP contribution in [0.2, 0.25) is 0 Å². The highest BCUT2D eigenvalue weighted by Crippen LogP contribution is 2.45. The topological polar surface area (TPSA) is 270 Å². The third-order valence-corrected chi connectivity index (χ3v) is 16.5. The van der Waals surface area contributed by atoms with Gasteiger partial charge in [0.2, 0.25) is 0 Å². The standard InChI is InChI=1S/C54H88O18/c1-13-37-33(9)71-53(63,25-41(37)67-45-23-39(55)49(61)35(11)65-45)31(7)47(59)29(5)51-27(3)19-15-17-22-44(58)70-52(28(4)20-16-18-21-43(57)69-51)30(6)48(60)32(8)54(64)26-42(38(14-2)34(10)72-54)68-46-24-40(56)50(62)36(12)66-46/h15-22,27-42,45-52,55-56,59-64H,13-14,23-26H2,1-12H3/t27-,28+,29-,30-,31-,32-,33+,34+,35-,36-,37+,38+,39-,40-,41+,42-,45-,46-,47+,48+,49+,50+,51-,52-,53+,54+/m0/s1. The van der Waals surface area contributed by atoms with Crippen molar-refractivity contribution in [1.82, 2.24) is 0 Å². The molecule has 5 heterocycles. The second kappa shape index (κ2) is 25.9. The number of carbonyl (C=O) groups excluding carboxylic acids is 2. The van der Waals surface area contributed by atoms with E-state index in [-0.39, 0.29) is 37.5 Å². The molecule has 26 atom stereocenters. The highest BCUT2D eigenvalue weighted by Gasteiger charge is 2.54. The van der Waals surface area contributed by atoms with Gasteiger partial charge in [-0.3, -0.25) is 0 Å². The molecule has 5 rings (SSSR count). The second-order valence-electron chi connectivity index (χ2n) is 21.7. The van der Waals surface area contributed by atoms with Crippen LogP contribution in [0.5, 0.6) is 0 Å². The molecule has 4 fully saturated rings. The predicted octanol–water partition coefficient (Wildman–Crippen LogP) is 4.12. The summed E-state index contributed by atoms with van der Waals surface area (Å²) < 4.78 is 49.1. The summed E-state index contributed by atoms with van der Waals surface area (Å²) in [4.78, 5) is 27.0. The van der Waals surface area contributed by atoms with Crippen LogP contribution in [0.1, 0.15) is 122 Å². The first-order chi connectivity index (χ1) is 33.7. The van der Waals surface area contributed by atoms with E-state index in [0.717, 1.165) is 0 Å². The van der Waals surface area contributed by atoms with E-state index < -0.39 is 157 Å². The molecule has 0 unspecified atom stereocenters. The zero-order valence-electron chi connectivity index (χ0n) is 44.4. The van der Waals surface area contributed by atoms with Crippen LogP contribution in [-0.4, -0.2) is 162 Å². The maximum atomic E-state index is 13.5. The van der Waals surface area contributed by atoms with Crippen LogP contribution in [0.4, 0.5) is 0 Å². The van der Waals surface area contributed by atoms with E-state index in [2.05, 4.69) is 0 Å². The number of aliphatic hydroxyl groups is 8. The smallest absolute Gasteiger partial charge is 0.331 e. The molecule has 18 nitrogen and oxygen atoms in total. The van der Waals surface area contributed by atoms with Gasteiger partial charge in [0.1, 0.15) is 24.4 Å². The highest BCUT2D eigenvalue weighted by atomic mass is 16.7. The minimum absolute atomic E-state index is 0.0264. The summed E-state index contributed by atoms with van der Waals surface area (Å²) in [6, 6.07) is 0. The lowest BCUT2D eigenvalue weighted by Crippen LogP contribution is -2.59. The van der Waals surface area contributed by atoms with Gasteiger partial charge in [0.05, 0.1) is 61.0 Å². The van der Waals surface area contributed by atoms with Crippen LogP contribution in [0.15, 0.2) is 48.6 Å². The Morgan fingerprint density at radius 1 is 0.583 bits per heavy atom. The van der Waals surface area contributed by atoms with Crippen molar-refractivity contribution in [3.05, 3.63) is 48.6 Å². The molecular weight excluding hydrogens is 937 g/mol. The van der Waals surface area contributed by atoms with Crippen LogP contribution in [-0.2, 0) is 47.5 Å². The Kier molecular flexibility index (Phi) is 21.7. The van der Waals surface area contributed by atoms with Crippen molar-refractivity contribution in [2.75, 3.05) is 0 Å². The number of carbonyl (C=O) groups is 2. The molecule has 18 heteroatoms. The van der Waals surface area contributed by atoms with Crippen molar-refractivity contribution in [1.29, 1.82) is 0 Å². The molecule has 0 aliphatic carbocycles. The van der Waals surface area contributed by atoms with Crippen molar-refractivity contribution >= 4 is 11.9 Å². The first kappa shape index (κ1) is 60.2. The van der Waals surface area contributed by atoms with E-state index in [0.29, 0.717) is 12.8 Å². The van der Waals surface area contributed by atoms with E-state index in [4.69, 9.17) is 37.9 Å². The van der Waals surface area contributed by atoms with Crippen molar-refractivity contribution in [2.45, 2.75) is 231 Å². The molecule has 4 saturated heterocycles. The lowest BCUT2D eigenvalue weighted by molar-refractivity contribution is -0.345. The maximum absolute atomic E-state index is 13.5. The molecule has 72 heavy (non-hydrogen) atoms. The van der Waals surface area contributed by atoms with Crippen LogP contribution < -0.4 is 0 Å². The summed E-state index contributed by atoms with van der Waals surface area (Å²) in [6.45, 7) is 21.3. The van der Waals surface area contributed by atoms with Crippen LogP contribution in [0.25, 0.3) is 0 Å². The van der Waals surface area contributed by atoms with Crippen molar-refractivity contribution < 1.29 is 88.3 Å². The van der Waals surface area contributed by atoms with Gasteiger partial charge < -0.3 is 78.7 Å². The third-order valence-electron chi connectivity index (χ3n) is 16.5. The van der Waals surface area contributed by atoms with Crippen molar-refractivity contribution in [2.24, 2.45) is 47.3 Å². The van der Waals surface area contributed by atoms with Gasteiger partial charge in [0.25, 0.3) is 0 Å². The summed E-state index contributed by atoms with van der Waals surface area (Å²) in [6.07, 6.45) is -0.317. The SMILES string of the molecule is CC[C@@H]1[C@@H](C)O[C@@](O)([C@@H](C)[C@H](O)[C@H](C)[C@H]2OC(=O)C=CC=C[C@@H](C)[C@@H]([C@@H](C)[C@@H](O)[C@H](C)[C@@]3(O)C[C@H](O[C@H]4C[C@H](O)[C@H](O)[C@H](C)O4)[C@H](CC)[C@@H](C)O3)OC(=O)C=CC=C[C@@H]2C)C[C@H]1O[C@H]1C[C@H](O)[C@H](O)[C@H](C)O1. The van der Waals surface area contributed by atoms with Gasteiger partial charge in [-0.2, -0.15) is 0 Å².